The number of nitrogens with one attached hydrogen (secondary N) is 1. The lowest BCUT2D eigenvalue weighted by atomic mass is 10.0. The average molecular weight is 442 g/mol. The molecule has 4 rings (SSSR count). The third-order valence-corrected chi connectivity index (χ3v) is 6.38. The maximum Gasteiger partial charge on any atom is 0.244 e. The predicted octanol–water partition coefficient (Wildman–Crippen LogP) is 3.60. The number of para-hydroxylation sites is 1. The van der Waals surface area contributed by atoms with Gasteiger partial charge in [-0.2, -0.15) is 0 Å². The quantitative estimate of drug-likeness (QED) is 0.695. The minimum absolute atomic E-state index is 0.00161. The first-order valence-electron chi connectivity index (χ1n) is 10.8. The summed E-state index contributed by atoms with van der Waals surface area (Å²) in [7, 11) is 0. The van der Waals surface area contributed by atoms with E-state index in [0.717, 1.165) is 45.9 Å². The normalized spacial score (nSPS) is 20.9. The molecule has 7 heteroatoms. The second-order valence-electron chi connectivity index (χ2n) is 8.21. The molecule has 2 aliphatic heterocycles. The number of fused-ring (bicyclic) bond motifs is 2. The second kappa shape index (κ2) is 9.28. The summed E-state index contributed by atoms with van der Waals surface area (Å²) >= 11 is 6.14. The Morgan fingerprint density at radius 1 is 1.26 bits per heavy atom. The molecule has 6 nitrogen and oxygen atoms in total. The van der Waals surface area contributed by atoms with Crippen LogP contribution < -0.4 is 5.32 Å². The highest BCUT2D eigenvalue weighted by Gasteiger charge is 2.38. The summed E-state index contributed by atoms with van der Waals surface area (Å²) in [6.45, 7) is 6.72. The number of rotatable bonds is 6. The van der Waals surface area contributed by atoms with Crippen LogP contribution >= 0.6 is 11.6 Å². The molecule has 1 N–H and O–H groups in total. The van der Waals surface area contributed by atoms with Gasteiger partial charge in [0.15, 0.2) is 0 Å². The Labute approximate surface area is 187 Å². The monoisotopic (exact) mass is 441 g/mol. The van der Waals surface area contributed by atoms with Gasteiger partial charge in [-0.25, -0.2) is 0 Å². The van der Waals surface area contributed by atoms with Gasteiger partial charge in [-0.3, -0.25) is 14.5 Å². The van der Waals surface area contributed by atoms with E-state index in [4.69, 9.17) is 16.0 Å². The summed E-state index contributed by atoms with van der Waals surface area (Å²) in [5.74, 6) is 0.862. The Hall–Kier alpha value is -2.57. The number of furan rings is 1. The number of amides is 2. The van der Waals surface area contributed by atoms with E-state index < -0.39 is 6.04 Å². The summed E-state index contributed by atoms with van der Waals surface area (Å²) < 4.78 is 6.22. The van der Waals surface area contributed by atoms with Gasteiger partial charge >= 0.3 is 0 Å². The number of hydrogen-bond acceptors (Lipinski definition) is 4. The van der Waals surface area contributed by atoms with E-state index in [0.29, 0.717) is 26.1 Å². The van der Waals surface area contributed by atoms with Crippen LogP contribution in [0.3, 0.4) is 0 Å². The molecule has 31 heavy (non-hydrogen) atoms. The third kappa shape index (κ3) is 4.70. The molecule has 0 saturated carbocycles. The van der Waals surface area contributed by atoms with Gasteiger partial charge in [0.25, 0.3) is 0 Å². The highest BCUT2D eigenvalue weighted by atomic mass is 35.5. The van der Waals surface area contributed by atoms with Crippen molar-refractivity contribution in [2.75, 3.05) is 26.2 Å². The van der Waals surface area contributed by atoms with E-state index in [1.54, 1.807) is 4.90 Å². The lowest BCUT2D eigenvalue weighted by Gasteiger charge is -2.42. The highest BCUT2D eigenvalue weighted by Crippen LogP contribution is 2.30. The molecule has 0 bridgehead atoms. The summed E-state index contributed by atoms with van der Waals surface area (Å²) in [5, 5.41) is 4.62. The molecule has 2 saturated heterocycles. The SMILES string of the molecule is CC/C(Cl)=C\C=C(/C)Cc1oc2ccccc2c1CN1CCN2C(=O)CNC(=O)C2C1. The van der Waals surface area contributed by atoms with E-state index in [-0.39, 0.29) is 18.4 Å². The maximum absolute atomic E-state index is 12.3. The van der Waals surface area contributed by atoms with Crippen LogP contribution in [-0.2, 0) is 22.6 Å². The summed E-state index contributed by atoms with van der Waals surface area (Å²) in [6, 6.07) is 7.64. The fraction of sp³-hybridized carbons (Fsp3) is 0.417. The summed E-state index contributed by atoms with van der Waals surface area (Å²) in [4.78, 5) is 28.4. The zero-order valence-electron chi connectivity index (χ0n) is 18.0. The maximum atomic E-state index is 12.3. The Morgan fingerprint density at radius 3 is 2.87 bits per heavy atom. The molecule has 2 aromatic rings. The molecular formula is C24H28ClN3O3. The molecular weight excluding hydrogens is 414 g/mol. The van der Waals surface area contributed by atoms with Crippen LogP contribution in [0.25, 0.3) is 11.0 Å². The van der Waals surface area contributed by atoms with Crippen LogP contribution in [0.15, 0.2) is 51.4 Å². The first kappa shape index (κ1) is 21.7. The van der Waals surface area contributed by atoms with Gasteiger partial charge in [0.1, 0.15) is 17.4 Å². The van der Waals surface area contributed by atoms with Crippen LogP contribution in [0.4, 0.5) is 0 Å². The van der Waals surface area contributed by atoms with Crippen molar-refractivity contribution in [2.45, 2.75) is 39.3 Å². The largest absolute Gasteiger partial charge is 0.460 e. The molecule has 0 aliphatic carbocycles. The van der Waals surface area contributed by atoms with Gasteiger partial charge < -0.3 is 14.6 Å². The number of allylic oxidation sites excluding steroid dienone is 4. The Kier molecular flexibility index (Phi) is 6.49. The smallest absolute Gasteiger partial charge is 0.244 e. The minimum atomic E-state index is -0.417. The van der Waals surface area contributed by atoms with Crippen LogP contribution in [0, 0.1) is 0 Å². The average Bonchev–Trinajstić information content (AvgIpc) is 3.11. The number of hydrogen-bond donors (Lipinski definition) is 1. The summed E-state index contributed by atoms with van der Waals surface area (Å²) in [6.07, 6.45) is 5.48. The second-order valence-corrected chi connectivity index (χ2v) is 8.70. The van der Waals surface area contributed by atoms with Crippen molar-refractivity contribution in [3.8, 4) is 0 Å². The highest BCUT2D eigenvalue weighted by molar-refractivity contribution is 6.29. The van der Waals surface area contributed by atoms with Crippen molar-refractivity contribution in [2.24, 2.45) is 0 Å². The number of benzene rings is 1. The van der Waals surface area contributed by atoms with Crippen LogP contribution in [-0.4, -0.2) is 53.8 Å². The Bertz CT molecular complexity index is 1060. The van der Waals surface area contributed by atoms with Crippen molar-refractivity contribution in [3.05, 3.63) is 58.3 Å². The van der Waals surface area contributed by atoms with Gasteiger partial charge in [-0.05, 0) is 25.5 Å². The van der Waals surface area contributed by atoms with E-state index in [1.807, 2.05) is 37.3 Å². The summed E-state index contributed by atoms with van der Waals surface area (Å²) in [5.41, 5.74) is 3.17. The van der Waals surface area contributed by atoms with Crippen LogP contribution in [0.5, 0.6) is 0 Å². The Morgan fingerprint density at radius 2 is 2.06 bits per heavy atom. The number of nitrogens with zero attached hydrogens (tertiary/aromatic N) is 2. The van der Waals surface area contributed by atoms with Gasteiger partial charge in [0, 0.05) is 48.6 Å². The molecule has 1 aromatic heterocycles. The van der Waals surface area contributed by atoms with Crippen molar-refractivity contribution < 1.29 is 14.0 Å². The molecule has 164 valence electrons. The third-order valence-electron chi connectivity index (χ3n) is 5.99. The molecule has 0 radical (unpaired) electrons. The van der Waals surface area contributed by atoms with E-state index in [1.165, 1.54) is 0 Å². The topological polar surface area (TPSA) is 65.8 Å². The van der Waals surface area contributed by atoms with Crippen LogP contribution in [0.2, 0.25) is 0 Å². The standard InChI is InChI=1S/C24H28ClN3O3/c1-3-17(25)9-8-16(2)12-22-19(18-6-4-5-7-21(18)31-22)14-27-10-11-28-20(15-27)24(30)26-13-23(28)29/h4-9,20H,3,10-15H2,1-2H3,(H,26,30)/b16-8+,17-9+. The fourth-order valence-electron chi connectivity index (χ4n) is 4.24. The minimum Gasteiger partial charge on any atom is -0.460 e. The molecule has 2 amide bonds. The fourth-order valence-corrected chi connectivity index (χ4v) is 4.30. The lowest BCUT2D eigenvalue weighted by molar-refractivity contribution is -0.149. The van der Waals surface area contributed by atoms with E-state index >= 15 is 0 Å². The number of carbonyl (C=O) groups excluding carboxylic acids is 2. The molecule has 1 atom stereocenters. The van der Waals surface area contributed by atoms with Gasteiger partial charge in [-0.1, -0.05) is 48.4 Å². The molecule has 2 aliphatic rings. The van der Waals surface area contributed by atoms with E-state index in [2.05, 4.69) is 23.2 Å². The first-order chi connectivity index (χ1) is 15.0. The molecule has 2 fully saturated rings. The van der Waals surface area contributed by atoms with Gasteiger partial charge in [0.2, 0.25) is 11.8 Å². The van der Waals surface area contributed by atoms with Gasteiger partial charge in [0.05, 0.1) is 6.54 Å². The molecule has 3 heterocycles. The zero-order valence-corrected chi connectivity index (χ0v) is 18.7. The van der Waals surface area contributed by atoms with Crippen molar-refractivity contribution in [1.29, 1.82) is 0 Å². The molecule has 1 unspecified atom stereocenters. The first-order valence-corrected chi connectivity index (χ1v) is 11.1. The van der Waals surface area contributed by atoms with Crippen molar-refractivity contribution in [3.63, 3.8) is 0 Å². The molecule has 0 spiro atoms. The Balaban J connectivity index is 1.58. The van der Waals surface area contributed by atoms with Gasteiger partial charge in [-0.15, -0.1) is 0 Å². The number of carbonyl (C=O) groups is 2. The van der Waals surface area contributed by atoms with Crippen molar-refractivity contribution >= 4 is 34.4 Å². The van der Waals surface area contributed by atoms with Crippen molar-refractivity contribution in [1.82, 2.24) is 15.1 Å². The van der Waals surface area contributed by atoms with Crippen LogP contribution in [0.1, 0.15) is 31.6 Å². The molecule has 1 aromatic carbocycles. The lowest BCUT2D eigenvalue weighted by Crippen LogP contribution is -2.65. The predicted molar refractivity (Wildman–Crippen MR) is 122 cm³/mol. The zero-order chi connectivity index (χ0) is 22.0. The number of halogens is 1. The van der Waals surface area contributed by atoms with E-state index in [9.17, 15) is 9.59 Å². The number of piperazine rings is 2.